The first-order chi connectivity index (χ1) is 11.5. The highest BCUT2D eigenvalue weighted by Crippen LogP contribution is 2.17. The molecule has 1 aliphatic carbocycles. The van der Waals surface area contributed by atoms with Crippen molar-refractivity contribution in [2.24, 2.45) is 11.5 Å². The lowest BCUT2D eigenvalue weighted by Gasteiger charge is -2.24. The summed E-state index contributed by atoms with van der Waals surface area (Å²) in [5, 5.41) is 27.6. The molecule has 1 aliphatic rings. The summed E-state index contributed by atoms with van der Waals surface area (Å²) < 4.78 is 0. The summed E-state index contributed by atoms with van der Waals surface area (Å²) in [5.41, 5.74) is 9.78. The van der Waals surface area contributed by atoms with E-state index in [1.807, 2.05) is 0 Å². The van der Waals surface area contributed by atoms with Crippen LogP contribution in [0.15, 0.2) is 0 Å². The third kappa shape index (κ3) is 15.9. The highest BCUT2D eigenvalue weighted by atomic mass is 32.1. The Morgan fingerprint density at radius 3 is 1.68 bits per heavy atom. The number of aliphatic carboxylic acids is 3. The van der Waals surface area contributed by atoms with Gasteiger partial charge in [-0.1, -0.05) is 19.3 Å². The number of carbonyl (C=O) groups is 3. The molecule has 0 aliphatic heterocycles. The van der Waals surface area contributed by atoms with E-state index in [1.54, 1.807) is 6.92 Å². The van der Waals surface area contributed by atoms with Crippen molar-refractivity contribution < 1.29 is 29.7 Å². The molecule has 3 unspecified atom stereocenters. The zero-order chi connectivity index (χ0) is 20.0. The Labute approximate surface area is 153 Å². The van der Waals surface area contributed by atoms with Gasteiger partial charge in [0.1, 0.15) is 18.1 Å². The Balaban J connectivity index is 0. The van der Waals surface area contributed by atoms with Gasteiger partial charge < -0.3 is 32.1 Å². The minimum Gasteiger partial charge on any atom is -0.480 e. The lowest BCUT2D eigenvalue weighted by Crippen LogP contribution is -2.42. The molecular formula is C15H31N3O6S. The predicted octanol–water partition coefficient (Wildman–Crippen LogP) is 0.128. The van der Waals surface area contributed by atoms with Crippen molar-refractivity contribution in [3.63, 3.8) is 0 Å². The summed E-state index contributed by atoms with van der Waals surface area (Å²) in [5.74, 6) is -2.53. The van der Waals surface area contributed by atoms with Gasteiger partial charge in [-0.05, 0) is 26.7 Å². The number of nitrogens with two attached hydrogens (primary N) is 2. The Hall–Kier alpha value is -1.36. The van der Waals surface area contributed by atoms with Gasteiger partial charge in [-0.25, -0.2) is 0 Å². The molecule has 0 aromatic heterocycles. The van der Waals surface area contributed by atoms with Crippen LogP contribution in [0.1, 0.15) is 46.0 Å². The molecule has 0 heterocycles. The first kappa shape index (κ1) is 25.9. The van der Waals surface area contributed by atoms with Crippen molar-refractivity contribution in [1.82, 2.24) is 5.32 Å². The van der Waals surface area contributed by atoms with Crippen LogP contribution in [0.2, 0.25) is 0 Å². The second kappa shape index (κ2) is 14.9. The third-order valence-electron chi connectivity index (χ3n) is 3.36. The van der Waals surface area contributed by atoms with Crippen LogP contribution in [-0.2, 0) is 14.4 Å². The van der Waals surface area contributed by atoms with Gasteiger partial charge in [0.15, 0.2) is 0 Å². The largest absolute Gasteiger partial charge is 0.480 e. The molecule has 9 nitrogen and oxygen atoms in total. The molecule has 148 valence electrons. The van der Waals surface area contributed by atoms with Crippen LogP contribution in [0.5, 0.6) is 0 Å². The zero-order valence-corrected chi connectivity index (χ0v) is 15.6. The van der Waals surface area contributed by atoms with Gasteiger partial charge in [-0.2, -0.15) is 12.6 Å². The minimum atomic E-state index is -1.00. The lowest BCUT2D eigenvalue weighted by atomic mass is 9.95. The summed E-state index contributed by atoms with van der Waals surface area (Å²) in [6, 6.07) is -1.51. The highest BCUT2D eigenvalue weighted by Gasteiger charge is 2.18. The number of nitrogens with one attached hydrogen (secondary N) is 1. The molecule has 0 radical (unpaired) electrons. The van der Waals surface area contributed by atoms with E-state index < -0.39 is 36.0 Å². The molecule has 0 bridgehead atoms. The fraction of sp³-hybridized carbons (Fsp3) is 0.800. The van der Waals surface area contributed by atoms with E-state index in [1.165, 1.54) is 26.2 Å². The highest BCUT2D eigenvalue weighted by molar-refractivity contribution is 7.80. The summed E-state index contributed by atoms with van der Waals surface area (Å²) in [4.78, 5) is 29.8. The molecule has 1 rings (SSSR count). The molecule has 0 amide bonds. The average Bonchev–Trinajstić information content (AvgIpc) is 2.55. The Morgan fingerprint density at radius 1 is 1.00 bits per heavy atom. The van der Waals surface area contributed by atoms with Crippen molar-refractivity contribution in [2.75, 3.05) is 5.75 Å². The van der Waals surface area contributed by atoms with Crippen molar-refractivity contribution in [1.29, 1.82) is 0 Å². The van der Waals surface area contributed by atoms with Gasteiger partial charge in [0.25, 0.3) is 0 Å². The monoisotopic (exact) mass is 381 g/mol. The maximum absolute atomic E-state index is 10.5. The molecule has 0 aromatic rings. The fourth-order valence-electron chi connectivity index (χ4n) is 1.77. The van der Waals surface area contributed by atoms with E-state index in [9.17, 15) is 14.4 Å². The SMILES string of the molecule is CC(N)C(=O)O.CC(NC1CCCCC1)C(=O)O.NC(CS)C(=O)O. The minimum absolute atomic E-state index is 0.190. The Morgan fingerprint density at radius 2 is 1.44 bits per heavy atom. The number of hydrogen-bond acceptors (Lipinski definition) is 7. The van der Waals surface area contributed by atoms with Gasteiger partial charge in [0.05, 0.1) is 0 Å². The van der Waals surface area contributed by atoms with Crippen molar-refractivity contribution in [3.05, 3.63) is 0 Å². The van der Waals surface area contributed by atoms with Crippen LogP contribution in [0.4, 0.5) is 0 Å². The number of thiol groups is 1. The van der Waals surface area contributed by atoms with Gasteiger partial charge in [-0.15, -0.1) is 0 Å². The second-order valence-electron chi connectivity index (χ2n) is 5.82. The van der Waals surface area contributed by atoms with Crippen LogP contribution in [0.25, 0.3) is 0 Å². The Bertz CT molecular complexity index is 403. The third-order valence-corrected chi connectivity index (χ3v) is 3.76. The van der Waals surface area contributed by atoms with Crippen LogP contribution in [-0.4, -0.2) is 63.1 Å². The number of carboxylic acid groups (broad SMARTS) is 3. The average molecular weight is 381 g/mol. The summed E-state index contributed by atoms with van der Waals surface area (Å²) in [6.07, 6.45) is 6.06. The molecule has 3 atom stereocenters. The van der Waals surface area contributed by atoms with E-state index in [2.05, 4.69) is 17.9 Å². The maximum Gasteiger partial charge on any atom is 0.321 e. The fourth-order valence-corrected chi connectivity index (χ4v) is 1.93. The van der Waals surface area contributed by atoms with Crippen molar-refractivity contribution in [3.8, 4) is 0 Å². The molecule has 1 fully saturated rings. The summed E-state index contributed by atoms with van der Waals surface area (Å²) >= 11 is 3.65. The number of carboxylic acids is 3. The normalized spacial score (nSPS) is 17.6. The molecule has 8 N–H and O–H groups in total. The van der Waals surface area contributed by atoms with E-state index in [0.717, 1.165) is 12.8 Å². The molecule has 1 saturated carbocycles. The molecule has 10 heteroatoms. The quantitative estimate of drug-likeness (QED) is 0.315. The second-order valence-corrected chi connectivity index (χ2v) is 6.18. The van der Waals surface area contributed by atoms with Crippen molar-refractivity contribution in [2.45, 2.75) is 70.1 Å². The van der Waals surface area contributed by atoms with E-state index in [-0.39, 0.29) is 5.75 Å². The van der Waals surface area contributed by atoms with Crippen LogP contribution >= 0.6 is 12.6 Å². The molecule has 0 saturated heterocycles. The first-order valence-electron chi connectivity index (χ1n) is 8.09. The topological polar surface area (TPSA) is 176 Å². The first-order valence-corrected chi connectivity index (χ1v) is 8.72. The van der Waals surface area contributed by atoms with Crippen LogP contribution in [0.3, 0.4) is 0 Å². The molecule has 0 aromatic carbocycles. The standard InChI is InChI=1S/C9H17NO2.C3H7NO2S.C3H7NO2/c1-7(9(11)12)10-8-5-3-2-4-6-8;4-2(1-7)3(5)6;1-2(4)3(5)6/h7-8,10H,2-6H2,1H3,(H,11,12);2,7H,1,4H2,(H,5,6);2H,4H2,1H3,(H,5,6). The van der Waals surface area contributed by atoms with Gasteiger partial charge in [-0.3, -0.25) is 14.4 Å². The molecule has 25 heavy (non-hydrogen) atoms. The van der Waals surface area contributed by atoms with E-state index in [0.29, 0.717) is 6.04 Å². The summed E-state index contributed by atoms with van der Waals surface area (Å²) in [6.45, 7) is 3.12. The van der Waals surface area contributed by atoms with Crippen molar-refractivity contribution >= 4 is 30.5 Å². The number of hydrogen-bond donors (Lipinski definition) is 7. The zero-order valence-electron chi connectivity index (χ0n) is 14.7. The predicted molar refractivity (Wildman–Crippen MR) is 97.9 cm³/mol. The van der Waals surface area contributed by atoms with Gasteiger partial charge >= 0.3 is 17.9 Å². The van der Waals surface area contributed by atoms with Crippen LogP contribution in [0, 0.1) is 0 Å². The maximum atomic E-state index is 10.5. The van der Waals surface area contributed by atoms with Crippen LogP contribution < -0.4 is 16.8 Å². The lowest BCUT2D eigenvalue weighted by molar-refractivity contribution is -0.139. The molecular weight excluding hydrogens is 350 g/mol. The van der Waals surface area contributed by atoms with E-state index >= 15 is 0 Å². The smallest absolute Gasteiger partial charge is 0.321 e. The van der Waals surface area contributed by atoms with Gasteiger partial charge in [0.2, 0.25) is 0 Å². The Kier molecular flexibility index (Phi) is 15.5. The number of rotatable bonds is 6. The summed E-state index contributed by atoms with van der Waals surface area (Å²) in [7, 11) is 0. The molecule has 0 spiro atoms. The van der Waals surface area contributed by atoms with Gasteiger partial charge in [0, 0.05) is 11.8 Å². The van der Waals surface area contributed by atoms with E-state index in [4.69, 9.17) is 26.8 Å².